The molecule has 1 aromatic carbocycles. The zero-order valence-electron chi connectivity index (χ0n) is 9.07. The molecule has 1 nitrogen and oxygen atoms in total. The zero-order chi connectivity index (χ0) is 11.0. The summed E-state index contributed by atoms with van der Waals surface area (Å²) in [6.45, 7) is 0. The van der Waals surface area contributed by atoms with Gasteiger partial charge in [-0.1, -0.05) is 18.2 Å². The lowest BCUT2D eigenvalue weighted by molar-refractivity contribution is 0.730. The number of fused-ring (bicyclic) bond motifs is 1. The molecule has 2 aromatic rings. The maximum Gasteiger partial charge on any atom is 0.0346 e. The molecule has 0 N–H and O–H groups in total. The molecule has 0 saturated heterocycles. The molecule has 0 aliphatic heterocycles. The molecule has 0 amide bonds. The molecule has 1 fully saturated rings. The lowest BCUT2D eigenvalue weighted by atomic mass is 9.93. The van der Waals surface area contributed by atoms with E-state index in [1.165, 1.54) is 22.8 Å². The molecule has 1 aromatic heterocycles. The topological polar surface area (TPSA) is 12.9 Å². The van der Waals surface area contributed by atoms with Crippen LogP contribution >= 0.6 is 11.6 Å². The van der Waals surface area contributed by atoms with Crippen LogP contribution in [0.15, 0.2) is 36.7 Å². The van der Waals surface area contributed by atoms with Gasteiger partial charge in [0.1, 0.15) is 0 Å². The summed E-state index contributed by atoms with van der Waals surface area (Å²) < 4.78 is 0. The van der Waals surface area contributed by atoms with Crippen LogP contribution < -0.4 is 0 Å². The van der Waals surface area contributed by atoms with Gasteiger partial charge in [-0.25, -0.2) is 0 Å². The molecular weight excluding hydrogens is 218 g/mol. The summed E-state index contributed by atoms with van der Waals surface area (Å²) in [6.07, 6.45) is 7.29. The molecule has 16 heavy (non-hydrogen) atoms. The van der Waals surface area contributed by atoms with Crippen LogP contribution in [-0.4, -0.2) is 10.4 Å². The van der Waals surface area contributed by atoms with Crippen molar-refractivity contribution in [2.45, 2.75) is 30.6 Å². The van der Waals surface area contributed by atoms with Gasteiger partial charge in [0.15, 0.2) is 0 Å². The predicted octanol–water partition coefficient (Wildman–Crippen LogP) is 4.11. The fraction of sp³-hybridized carbons (Fsp3) is 0.357. The second-order valence-corrected chi connectivity index (χ2v) is 5.17. The number of hydrogen-bond acceptors (Lipinski definition) is 1. The van der Waals surface area contributed by atoms with Crippen molar-refractivity contribution in [1.82, 2.24) is 4.98 Å². The van der Waals surface area contributed by atoms with E-state index in [-0.39, 0.29) is 0 Å². The first kappa shape index (κ1) is 10.1. The Balaban J connectivity index is 2.09. The molecule has 2 atom stereocenters. The van der Waals surface area contributed by atoms with E-state index in [1.807, 2.05) is 12.4 Å². The van der Waals surface area contributed by atoms with Crippen molar-refractivity contribution < 1.29 is 0 Å². The normalized spacial score (nSPS) is 25.1. The van der Waals surface area contributed by atoms with Crippen LogP contribution in [0.1, 0.15) is 30.7 Å². The second kappa shape index (κ2) is 4.06. The second-order valence-electron chi connectivity index (χ2n) is 4.55. The molecule has 2 heteroatoms. The molecule has 1 aliphatic rings. The van der Waals surface area contributed by atoms with Gasteiger partial charge >= 0.3 is 0 Å². The first-order valence-corrected chi connectivity index (χ1v) is 6.25. The molecule has 1 saturated carbocycles. The zero-order valence-corrected chi connectivity index (χ0v) is 9.82. The summed E-state index contributed by atoms with van der Waals surface area (Å²) in [6, 6.07) is 8.61. The van der Waals surface area contributed by atoms with Gasteiger partial charge in [-0.2, -0.15) is 0 Å². The Bertz CT molecular complexity index is 504. The summed E-state index contributed by atoms with van der Waals surface area (Å²) in [5.74, 6) is 0.633. The minimum Gasteiger partial charge on any atom is -0.264 e. The van der Waals surface area contributed by atoms with Crippen molar-refractivity contribution in [3.05, 3.63) is 42.2 Å². The van der Waals surface area contributed by atoms with Gasteiger partial charge in [-0.3, -0.25) is 4.98 Å². The molecule has 1 aliphatic carbocycles. The van der Waals surface area contributed by atoms with Crippen molar-refractivity contribution in [1.29, 1.82) is 0 Å². The lowest BCUT2D eigenvalue weighted by Gasteiger charge is -2.12. The number of pyridine rings is 1. The van der Waals surface area contributed by atoms with E-state index in [0.717, 1.165) is 12.8 Å². The largest absolute Gasteiger partial charge is 0.264 e. The Morgan fingerprint density at radius 3 is 2.94 bits per heavy atom. The molecule has 0 spiro atoms. The van der Waals surface area contributed by atoms with Crippen LogP contribution in [-0.2, 0) is 0 Å². The predicted molar refractivity (Wildman–Crippen MR) is 68.0 cm³/mol. The summed E-state index contributed by atoms with van der Waals surface area (Å²) in [5.41, 5.74) is 1.45. The van der Waals surface area contributed by atoms with Crippen LogP contribution in [0.3, 0.4) is 0 Å². The third kappa shape index (κ3) is 1.69. The van der Waals surface area contributed by atoms with Crippen LogP contribution in [0, 0.1) is 0 Å². The summed E-state index contributed by atoms with van der Waals surface area (Å²) in [7, 11) is 0. The minimum atomic E-state index is 0.363. The lowest BCUT2D eigenvalue weighted by Crippen LogP contribution is -1.95. The smallest absolute Gasteiger partial charge is 0.0346 e. The Morgan fingerprint density at radius 2 is 2.12 bits per heavy atom. The summed E-state index contributed by atoms with van der Waals surface area (Å²) in [4.78, 5) is 4.17. The van der Waals surface area contributed by atoms with Crippen LogP contribution in [0.5, 0.6) is 0 Å². The molecule has 82 valence electrons. The number of hydrogen-bond donors (Lipinski definition) is 0. The van der Waals surface area contributed by atoms with E-state index in [1.54, 1.807) is 0 Å². The average Bonchev–Trinajstić information content (AvgIpc) is 2.75. The molecular formula is C14H14ClN. The van der Waals surface area contributed by atoms with Crippen LogP contribution in [0.4, 0.5) is 0 Å². The van der Waals surface area contributed by atoms with Gasteiger partial charge < -0.3 is 0 Å². The SMILES string of the molecule is ClC1CCC(c2cccc3cnccc23)C1. The Kier molecular flexibility index (Phi) is 2.56. The Hall–Kier alpha value is -1.08. The number of alkyl halides is 1. The first-order valence-electron chi connectivity index (χ1n) is 5.81. The van der Waals surface area contributed by atoms with E-state index < -0.39 is 0 Å². The molecule has 0 radical (unpaired) electrons. The summed E-state index contributed by atoms with van der Waals surface area (Å²) in [5, 5.41) is 2.94. The third-order valence-corrected chi connectivity index (χ3v) is 3.92. The van der Waals surface area contributed by atoms with Gasteiger partial charge in [-0.05, 0) is 42.2 Å². The molecule has 1 heterocycles. The van der Waals surface area contributed by atoms with E-state index in [2.05, 4.69) is 29.2 Å². The number of halogens is 1. The van der Waals surface area contributed by atoms with Crippen molar-refractivity contribution in [3.8, 4) is 0 Å². The van der Waals surface area contributed by atoms with Gasteiger partial charge in [0.05, 0.1) is 0 Å². The molecule has 3 rings (SSSR count). The van der Waals surface area contributed by atoms with E-state index in [0.29, 0.717) is 11.3 Å². The number of nitrogens with zero attached hydrogens (tertiary/aromatic N) is 1. The first-order chi connectivity index (χ1) is 7.84. The Labute approximate surface area is 100 Å². The fourth-order valence-corrected chi connectivity index (χ4v) is 3.05. The molecule has 0 bridgehead atoms. The van der Waals surface area contributed by atoms with Gasteiger partial charge in [0.2, 0.25) is 0 Å². The summed E-state index contributed by atoms with van der Waals surface area (Å²) >= 11 is 6.20. The maximum absolute atomic E-state index is 6.20. The average molecular weight is 232 g/mol. The standard InChI is InChI=1S/C14H14ClN/c15-12-5-4-10(8-12)13-3-1-2-11-9-16-7-6-14(11)13/h1-3,6-7,9-10,12H,4-5,8H2. The van der Waals surface area contributed by atoms with Crippen molar-refractivity contribution in [2.75, 3.05) is 0 Å². The highest BCUT2D eigenvalue weighted by Gasteiger charge is 2.25. The highest BCUT2D eigenvalue weighted by atomic mass is 35.5. The third-order valence-electron chi connectivity index (χ3n) is 3.52. The number of rotatable bonds is 1. The van der Waals surface area contributed by atoms with E-state index in [9.17, 15) is 0 Å². The van der Waals surface area contributed by atoms with Gasteiger partial charge in [0, 0.05) is 23.2 Å². The number of aromatic nitrogens is 1. The highest BCUT2D eigenvalue weighted by Crippen LogP contribution is 2.39. The van der Waals surface area contributed by atoms with Gasteiger partial charge in [0.25, 0.3) is 0 Å². The fourth-order valence-electron chi connectivity index (χ4n) is 2.71. The van der Waals surface area contributed by atoms with Crippen molar-refractivity contribution in [3.63, 3.8) is 0 Å². The van der Waals surface area contributed by atoms with E-state index in [4.69, 9.17) is 11.6 Å². The number of benzene rings is 1. The van der Waals surface area contributed by atoms with Gasteiger partial charge in [-0.15, -0.1) is 11.6 Å². The maximum atomic E-state index is 6.20. The van der Waals surface area contributed by atoms with Crippen LogP contribution in [0.25, 0.3) is 10.8 Å². The minimum absolute atomic E-state index is 0.363. The quantitative estimate of drug-likeness (QED) is 0.673. The Morgan fingerprint density at radius 1 is 1.19 bits per heavy atom. The highest BCUT2D eigenvalue weighted by molar-refractivity contribution is 6.20. The van der Waals surface area contributed by atoms with Crippen LogP contribution in [0.2, 0.25) is 0 Å². The van der Waals surface area contributed by atoms with Crippen molar-refractivity contribution in [2.24, 2.45) is 0 Å². The monoisotopic (exact) mass is 231 g/mol. The molecule has 2 unspecified atom stereocenters. The van der Waals surface area contributed by atoms with Crippen molar-refractivity contribution >= 4 is 22.4 Å². The van der Waals surface area contributed by atoms with E-state index >= 15 is 0 Å².